The van der Waals surface area contributed by atoms with Crippen molar-refractivity contribution in [1.82, 2.24) is 5.32 Å². The summed E-state index contributed by atoms with van der Waals surface area (Å²) in [5.74, 6) is 0.525. The van der Waals surface area contributed by atoms with Crippen molar-refractivity contribution < 1.29 is 4.74 Å². The van der Waals surface area contributed by atoms with Crippen molar-refractivity contribution in [3.8, 4) is 0 Å². The first-order valence-electron chi connectivity index (χ1n) is 7.53. The van der Waals surface area contributed by atoms with Crippen LogP contribution in [-0.4, -0.2) is 24.8 Å². The maximum Gasteiger partial charge on any atom is 0.0691 e. The quantitative estimate of drug-likeness (QED) is 0.897. The zero-order valence-electron chi connectivity index (χ0n) is 13.0. The first-order valence-corrected chi connectivity index (χ1v) is 8.35. The molecule has 20 heavy (non-hydrogen) atoms. The summed E-state index contributed by atoms with van der Waals surface area (Å²) in [6.45, 7) is 11.5. The molecule has 3 unspecified atom stereocenters. The second kappa shape index (κ2) is 4.80. The molecule has 0 bridgehead atoms. The number of fused-ring (bicyclic) bond motifs is 1. The Balaban J connectivity index is 1.60. The van der Waals surface area contributed by atoms with Gasteiger partial charge >= 0.3 is 0 Å². The van der Waals surface area contributed by atoms with Crippen LogP contribution in [0.5, 0.6) is 0 Å². The highest BCUT2D eigenvalue weighted by Gasteiger charge is 2.67. The molecular weight excluding hydrogens is 268 g/mol. The van der Waals surface area contributed by atoms with E-state index in [2.05, 4.69) is 39.1 Å². The number of rotatable bonds is 4. The van der Waals surface area contributed by atoms with Crippen LogP contribution in [0.2, 0.25) is 0 Å². The molecule has 3 nitrogen and oxygen atoms in total. The van der Waals surface area contributed by atoms with Gasteiger partial charge in [-0.2, -0.15) is 0 Å². The summed E-state index contributed by atoms with van der Waals surface area (Å²) < 4.78 is 5.84. The topological polar surface area (TPSA) is 47.3 Å². The summed E-state index contributed by atoms with van der Waals surface area (Å²) >= 11 is 1.88. The van der Waals surface area contributed by atoms with E-state index >= 15 is 0 Å². The van der Waals surface area contributed by atoms with Gasteiger partial charge in [0.15, 0.2) is 0 Å². The molecular formula is C16H26N2OS. The molecule has 4 heteroatoms. The Kier molecular flexibility index (Phi) is 3.49. The van der Waals surface area contributed by atoms with E-state index in [1.165, 1.54) is 15.3 Å². The minimum absolute atomic E-state index is 0.0719. The smallest absolute Gasteiger partial charge is 0.0691 e. The van der Waals surface area contributed by atoms with Crippen LogP contribution in [0, 0.1) is 25.2 Å². The van der Waals surface area contributed by atoms with Gasteiger partial charge in [-0.3, -0.25) is 0 Å². The molecule has 0 radical (unpaired) electrons. The van der Waals surface area contributed by atoms with Gasteiger partial charge in [-0.25, -0.2) is 0 Å². The van der Waals surface area contributed by atoms with Crippen molar-refractivity contribution in [2.45, 2.75) is 52.3 Å². The highest BCUT2D eigenvalue weighted by molar-refractivity contribution is 7.12. The summed E-state index contributed by atoms with van der Waals surface area (Å²) in [6.07, 6.45) is 1.48. The normalized spacial score (nSPS) is 34.9. The number of nitrogens with one attached hydrogen (secondary N) is 1. The molecule has 112 valence electrons. The van der Waals surface area contributed by atoms with Gasteiger partial charge < -0.3 is 15.8 Å². The van der Waals surface area contributed by atoms with E-state index in [0.29, 0.717) is 12.0 Å². The summed E-state index contributed by atoms with van der Waals surface area (Å²) in [4.78, 5) is 2.82. The molecule has 2 fully saturated rings. The van der Waals surface area contributed by atoms with Gasteiger partial charge in [0.25, 0.3) is 0 Å². The fourth-order valence-corrected chi connectivity index (χ4v) is 4.99. The minimum Gasteiger partial charge on any atom is -0.377 e. The molecule has 1 aromatic rings. The average Bonchev–Trinajstić information content (AvgIpc) is 2.96. The molecule has 3 N–H and O–H groups in total. The van der Waals surface area contributed by atoms with Gasteiger partial charge in [-0.15, -0.1) is 11.3 Å². The fraction of sp³-hybridized carbons (Fsp3) is 0.750. The molecule has 1 aliphatic carbocycles. The van der Waals surface area contributed by atoms with E-state index in [4.69, 9.17) is 10.5 Å². The fourth-order valence-electron chi connectivity index (χ4n) is 3.96. The SMILES string of the molecule is Cc1cc(CNCC2(N)C3CCOC3C2(C)C)sc1C. The first kappa shape index (κ1) is 14.5. The third-order valence-corrected chi connectivity index (χ3v) is 6.75. The Morgan fingerprint density at radius 3 is 2.85 bits per heavy atom. The van der Waals surface area contributed by atoms with Crippen LogP contribution >= 0.6 is 11.3 Å². The molecule has 0 spiro atoms. The predicted octanol–water partition coefficient (Wildman–Crippen LogP) is 2.60. The molecule has 2 heterocycles. The van der Waals surface area contributed by atoms with Gasteiger partial charge in [0.05, 0.1) is 6.10 Å². The van der Waals surface area contributed by atoms with E-state index in [1.807, 2.05) is 11.3 Å². The zero-order chi connectivity index (χ0) is 14.5. The summed E-state index contributed by atoms with van der Waals surface area (Å²) in [5.41, 5.74) is 8.06. The highest BCUT2D eigenvalue weighted by atomic mass is 32.1. The molecule has 2 aliphatic rings. The summed E-state index contributed by atoms with van der Waals surface area (Å²) in [5, 5.41) is 3.58. The average molecular weight is 294 g/mol. The van der Waals surface area contributed by atoms with E-state index in [0.717, 1.165) is 26.1 Å². The van der Waals surface area contributed by atoms with Crippen molar-refractivity contribution in [2.24, 2.45) is 17.1 Å². The van der Waals surface area contributed by atoms with E-state index in [9.17, 15) is 0 Å². The lowest BCUT2D eigenvalue weighted by atomic mass is 9.48. The summed E-state index contributed by atoms with van der Waals surface area (Å²) in [7, 11) is 0. The van der Waals surface area contributed by atoms with Gasteiger partial charge in [-0.1, -0.05) is 13.8 Å². The molecule has 3 atom stereocenters. The van der Waals surface area contributed by atoms with Crippen LogP contribution < -0.4 is 11.1 Å². The molecule has 0 amide bonds. The van der Waals surface area contributed by atoms with Crippen LogP contribution in [0.25, 0.3) is 0 Å². The largest absolute Gasteiger partial charge is 0.377 e. The molecule has 1 aliphatic heterocycles. The Morgan fingerprint density at radius 2 is 2.20 bits per heavy atom. The predicted molar refractivity (Wildman–Crippen MR) is 84.0 cm³/mol. The highest BCUT2D eigenvalue weighted by Crippen LogP contribution is 2.57. The van der Waals surface area contributed by atoms with E-state index in [-0.39, 0.29) is 11.0 Å². The summed E-state index contributed by atoms with van der Waals surface area (Å²) in [6, 6.07) is 2.28. The lowest BCUT2D eigenvalue weighted by molar-refractivity contribution is -0.153. The lowest BCUT2D eigenvalue weighted by Gasteiger charge is -2.62. The van der Waals surface area contributed by atoms with Crippen molar-refractivity contribution in [2.75, 3.05) is 13.2 Å². The van der Waals surface area contributed by atoms with Crippen molar-refractivity contribution in [1.29, 1.82) is 0 Å². The van der Waals surface area contributed by atoms with Gasteiger partial charge in [-0.05, 0) is 31.9 Å². The second-order valence-corrected chi connectivity index (χ2v) is 8.34. The van der Waals surface area contributed by atoms with Crippen LogP contribution in [0.4, 0.5) is 0 Å². The molecule has 1 saturated heterocycles. The van der Waals surface area contributed by atoms with Gasteiger partial charge in [0.2, 0.25) is 0 Å². The van der Waals surface area contributed by atoms with E-state index < -0.39 is 0 Å². The van der Waals surface area contributed by atoms with Gasteiger partial charge in [0, 0.05) is 46.3 Å². The minimum atomic E-state index is -0.129. The third kappa shape index (κ3) is 1.97. The molecule has 3 rings (SSSR count). The lowest BCUT2D eigenvalue weighted by Crippen LogP contribution is -2.77. The Labute approximate surface area is 125 Å². The van der Waals surface area contributed by atoms with Crippen molar-refractivity contribution in [3.05, 3.63) is 21.4 Å². The van der Waals surface area contributed by atoms with Gasteiger partial charge in [0.1, 0.15) is 0 Å². The first-order chi connectivity index (χ1) is 9.36. The van der Waals surface area contributed by atoms with Crippen LogP contribution in [-0.2, 0) is 11.3 Å². The number of ether oxygens (including phenoxy) is 1. The molecule has 1 saturated carbocycles. The Morgan fingerprint density at radius 1 is 1.45 bits per heavy atom. The number of nitrogens with two attached hydrogens (primary N) is 1. The second-order valence-electron chi connectivity index (χ2n) is 7.00. The van der Waals surface area contributed by atoms with Crippen LogP contribution in [0.3, 0.4) is 0 Å². The van der Waals surface area contributed by atoms with Crippen molar-refractivity contribution >= 4 is 11.3 Å². The Hall–Kier alpha value is -0.420. The van der Waals surface area contributed by atoms with Crippen LogP contribution in [0.15, 0.2) is 6.07 Å². The zero-order valence-corrected chi connectivity index (χ0v) is 13.8. The maximum absolute atomic E-state index is 6.73. The Bertz CT molecular complexity index is 491. The monoisotopic (exact) mass is 294 g/mol. The standard InChI is InChI=1S/C16H26N2OS/c1-10-7-12(20-11(10)2)8-18-9-16(17)13-5-6-19-14(13)15(16,3)4/h7,13-14,18H,5-6,8-9,17H2,1-4H3. The molecule has 0 aromatic carbocycles. The van der Waals surface area contributed by atoms with E-state index in [1.54, 1.807) is 0 Å². The maximum atomic E-state index is 6.73. The number of thiophene rings is 1. The van der Waals surface area contributed by atoms with Crippen molar-refractivity contribution in [3.63, 3.8) is 0 Å². The molecule has 1 aromatic heterocycles. The third-order valence-electron chi connectivity index (χ3n) is 5.60. The number of aryl methyl sites for hydroxylation is 2. The van der Waals surface area contributed by atoms with Crippen LogP contribution in [0.1, 0.15) is 35.6 Å². The number of hydrogen-bond donors (Lipinski definition) is 2. The number of hydrogen-bond acceptors (Lipinski definition) is 4.